The Morgan fingerprint density at radius 1 is 1.21 bits per heavy atom. The van der Waals surface area contributed by atoms with Crippen molar-refractivity contribution in [3.05, 3.63) is 59.7 Å². The van der Waals surface area contributed by atoms with Crippen LogP contribution in [0, 0.1) is 0 Å². The molecule has 0 radical (unpaired) electrons. The van der Waals surface area contributed by atoms with Crippen LogP contribution >= 0.6 is 11.8 Å². The Balaban J connectivity index is 1.50. The first-order valence-electron chi connectivity index (χ1n) is 8.97. The molecule has 1 aliphatic heterocycles. The quantitative estimate of drug-likeness (QED) is 0.593. The minimum Gasteiger partial charge on any atom is -0.431 e. The molecule has 1 atom stereocenters. The highest BCUT2D eigenvalue weighted by Crippen LogP contribution is 2.28. The van der Waals surface area contributed by atoms with Crippen molar-refractivity contribution in [3.8, 4) is 0 Å². The van der Waals surface area contributed by atoms with Gasteiger partial charge in [-0.15, -0.1) is 0 Å². The van der Waals surface area contributed by atoms with Gasteiger partial charge in [0.05, 0.1) is 11.5 Å². The zero-order valence-corrected chi connectivity index (χ0v) is 17.0. The summed E-state index contributed by atoms with van der Waals surface area (Å²) in [7, 11) is -1.36. The van der Waals surface area contributed by atoms with Crippen molar-refractivity contribution >= 4 is 38.6 Å². The molecule has 2 heterocycles. The molecule has 1 amide bonds. The molecule has 146 valence electrons. The molecule has 0 aliphatic carbocycles. The van der Waals surface area contributed by atoms with E-state index in [2.05, 4.69) is 4.98 Å². The topological polar surface area (TPSA) is 80.5 Å². The van der Waals surface area contributed by atoms with Gasteiger partial charge in [0.25, 0.3) is 11.1 Å². The number of nitrogens with zero attached hydrogens (tertiary/aromatic N) is 2. The average Bonchev–Trinajstić information content (AvgIpc) is 3.27. The van der Waals surface area contributed by atoms with Gasteiger partial charge in [0.15, 0.2) is 15.4 Å². The number of oxazole rings is 1. The van der Waals surface area contributed by atoms with Crippen LogP contribution in [0.3, 0.4) is 0 Å². The van der Waals surface area contributed by atoms with Gasteiger partial charge in [-0.1, -0.05) is 42.1 Å². The number of hydrogen-bond donors (Lipinski definition) is 0. The van der Waals surface area contributed by atoms with Crippen molar-refractivity contribution in [2.75, 3.05) is 18.6 Å². The number of thioether (sulfide) groups is 1. The molecular weight excluding hydrogens is 396 g/mol. The number of fused-ring (bicyclic) bond motifs is 1. The molecule has 4 rings (SSSR count). The minimum atomic E-state index is -3.04. The number of sulfone groups is 1. The van der Waals surface area contributed by atoms with E-state index in [1.54, 1.807) is 18.0 Å². The predicted octanol–water partition coefficient (Wildman–Crippen LogP) is 3.38. The van der Waals surface area contributed by atoms with E-state index in [9.17, 15) is 13.2 Å². The third-order valence-corrected chi connectivity index (χ3v) is 7.58. The molecule has 3 aromatic rings. The van der Waals surface area contributed by atoms with Gasteiger partial charge in [-0.2, -0.15) is 0 Å². The van der Waals surface area contributed by atoms with E-state index in [1.807, 2.05) is 42.5 Å². The fourth-order valence-electron chi connectivity index (χ4n) is 3.34. The molecule has 0 N–H and O–H groups in total. The van der Waals surface area contributed by atoms with Crippen LogP contribution in [0.4, 0.5) is 0 Å². The van der Waals surface area contributed by atoms with Gasteiger partial charge in [0.2, 0.25) is 0 Å². The molecule has 1 unspecified atom stereocenters. The Morgan fingerprint density at radius 3 is 2.71 bits per heavy atom. The third-order valence-electron chi connectivity index (χ3n) is 4.95. The van der Waals surface area contributed by atoms with E-state index < -0.39 is 9.84 Å². The minimum absolute atomic E-state index is 0.0368. The van der Waals surface area contributed by atoms with Crippen LogP contribution in [0.15, 0.2) is 58.2 Å². The molecular formula is C20H20N2O4S2. The highest BCUT2D eigenvalue weighted by atomic mass is 32.2. The van der Waals surface area contributed by atoms with Crippen molar-refractivity contribution < 1.29 is 17.6 Å². The Morgan fingerprint density at radius 2 is 1.96 bits per heavy atom. The van der Waals surface area contributed by atoms with Crippen LogP contribution in [0.5, 0.6) is 0 Å². The fraction of sp³-hybridized carbons (Fsp3) is 0.300. The largest absolute Gasteiger partial charge is 0.431 e. The second-order valence-corrected chi connectivity index (χ2v) is 10.0. The fourth-order valence-corrected chi connectivity index (χ4v) is 5.96. The third kappa shape index (κ3) is 3.93. The molecule has 28 heavy (non-hydrogen) atoms. The zero-order chi connectivity index (χ0) is 19.7. The van der Waals surface area contributed by atoms with Crippen molar-refractivity contribution in [1.29, 1.82) is 0 Å². The number of para-hydroxylation sites is 2. The first kappa shape index (κ1) is 19.0. The van der Waals surface area contributed by atoms with Crippen LogP contribution in [-0.2, 0) is 15.6 Å². The molecule has 0 spiro atoms. The molecule has 1 fully saturated rings. The van der Waals surface area contributed by atoms with E-state index >= 15 is 0 Å². The molecule has 6 nitrogen and oxygen atoms in total. The number of hydrogen-bond acceptors (Lipinski definition) is 6. The zero-order valence-electron chi connectivity index (χ0n) is 15.4. The normalized spacial score (nSPS) is 18.4. The van der Waals surface area contributed by atoms with Gasteiger partial charge >= 0.3 is 0 Å². The molecule has 1 saturated heterocycles. The molecule has 0 saturated carbocycles. The average molecular weight is 417 g/mol. The lowest BCUT2D eigenvalue weighted by Gasteiger charge is -2.24. The van der Waals surface area contributed by atoms with E-state index in [1.165, 1.54) is 11.8 Å². The van der Waals surface area contributed by atoms with Gasteiger partial charge < -0.3 is 9.32 Å². The summed E-state index contributed by atoms with van der Waals surface area (Å²) < 4.78 is 29.2. The van der Waals surface area contributed by atoms with Crippen LogP contribution in [0.2, 0.25) is 0 Å². The van der Waals surface area contributed by atoms with E-state index in [-0.39, 0.29) is 23.5 Å². The summed E-state index contributed by atoms with van der Waals surface area (Å²) in [6.45, 7) is 0. The van der Waals surface area contributed by atoms with Crippen LogP contribution in [-0.4, -0.2) is 48.8 Å². The summed E-state index contributed by atoms with van der Waals surface area (Å²) in [5, 5.41) is 0.554. The summed E-state index contributed by atoms with van der Waals surface area (Å²) >= 11 is 1.43. The second-order valence-electron chi connectivity index (χ2n) is 6.87. The lowest BCUT2D eigenvalue weighted by atomic mass is 10.1. The standard InChI is InChI=1S/C20H20N2O4S2/c1-22(15-10-11-28(24,25)13-15)19(23)16-7-3-2-6-14(16)12-27-20-21-17-8-4-5-9-18(17)26-20/h2-9,15H,10-13H2,1H3. The summed E-state index contributed by atoms with van der Waals surface area (Å²) in [6, 6.07) is 14.7. The Bertz CT molecular complexity index is 1090. The number of benzene rings is 2. The summed E-state index contributed by atoms with van der Waals surface area (Å²) in [5.41, 5.74) is 2.98. The number of amides is 1. The Labute approximate surface area is 167 Å². The van der Waals surface area contributed by atoms with Crippen LogP contribution in [0.1, 0.15) is 22.3 Å². The van der Waals surface area contributed by atoms with E-state index in [4.69, 9.17) is 4.42 Å². The predicted molar refractivity (Wildman–Crippen MR) is 109 cm³/mol. The Hall–Kier alpha value is -2.32. The highest BCUT2D eigenvalue weighted by molar-refractivity contribution is 7.98. The summed E-state index contributed by atoms with van der Waals surface area (Å²) in [4.78, 5) is 19.0. The van der Waals surface area contributed by atoms with Crippen molar-refractivity contribution in [1.82, 2.24) is 9.88 Å². The molecule has 1 aromatic heterocycles. The van der Waals surface area contributed by atoms with E-state index in [0.29, 0.717) is 23.0 Å². The summed E-state index contributed by atoms with van der Waals surface area (Å²) in [6.07, 6.45) is 0.490. The van der Waals surface area contributed by atoms with Gasteiger partial charge in [-0.05, 0) is 30.2 Å². The number of carbonyl (C=O) groups is 1. The lowest BCUT2D eigenvalue weighted by Crippen LogP contribution is -2.38. The van der Waals surface area contributed by atoms with Crippen molar-refractivity contribution in [3.63, 3.8) is 0 Å². The maximum absolute atomic E-state index is 13.0. The molecule has 8 heteroatoms. The first-order valence-corrected chi connectivity index (χ1v) is 11.8. The van der Waals surface area contributed by atoms with Gasteiger partial charge in [0.1, 0.15) is 5.52 Å². The smallest absolute Gasteiger partial charge is 0.257 e. The van der Waals surface area contributed by atoms with Crippen molar-refractivity contribution in [2.24, 2.45) is 0 Å². The van der Waals surface area contributed by atoms with Gasteiger partial charge in [-0.3, -0.25) is 4.79 Å². The maximum Gasteiger partial charge on any atom is 0.257 e. The van der Waals surface area contributed by atoms with Gasteiger partial charge in [-0.25, -0.2) is 13.4 Å². The summed E-state index contributed by atoms with van der Waals surface area (Å²) in [5.74, 6) is 0.557. The van der Waals surface area contributed by atoms with Gasteiger partial charge in [0, 0.05) is 24.4 Å². The Kier molecular flexibility index (Phi) is 5.16. The van der Waals surface area contributed by atoms with Crippen LogP contribution in [0.25, 0.3) is 11.1 Å². The maximum atomic E-state index is 13.0. The highest BCUT2D eigenvalue weighted by Gasteiger charge is 2.33. The van der Waals surface area contributed by atoms with Crippen molar-refractivity contribution in [2.45, 2.75) is 23.4 Å². The van der Waals surface area contributed by atoms with Crippen LogP contribution < -0.4 is 0 Å². The molecule has 0 bridgehead atoms. The lowest BCUT2D eigenvalue weighted by molar-refractivity contribution is 0.0747. The SMILES string of the molecule is CN(C(=O)c1ccccc1CSc1nc2ccccc2o1)C1CCS(=O)(=O)C1. The second kappa shape index (κ2) is 7.60. The first-order chi connectivity index (χ1) is 13.4. The number of aromatic nitrogens is 1. The van der Waals surface area contributed by atoms with E-state index in [0.717, 1.165) is 16.7 Å². The monoisotopic (exact) mass is 416 g/mol. The molecule has 1 aliphatic rings. The number of rotatable bonds is 5. The number of carbonyl (C=O) groups excluding carboxylic acids is 1. The molecule has 2 aromatic carbocycles.